The smallest absolute Gasteiger partial charge is 0.260 e. The molecule has 0 aromatic carbocycles. The van der Waals surface area contributed by atoms with Gasteiger partial charge in [-0.3, -0.25) is 9.36 Å². The Morgan fingerprint density at radius 1 is 1.29 bits per heavy atom. The van der Waals surface area contributed by atoms with E-state index in [0.29, 0.717) is 52.0 Å². The molecule has 0 radical (unpaired) electrons. The first-order valence-corrected chi connectivity index (χ1v) is 13.3. The van der Waals surface area contributed by atoms with Gasteiger partial charge in [0.1, 0.15) is 13.5 Å². The summed E-state index contributed by atoms with van der Waals surface area (Å²) in [6, 6.07) is 0.670. The number of rotatable bonds is 5. The highest BCUT2D eigenvalue weighted by Crippen LogP contribution is 2.37. The molecular weight excluding hydrogens is 466 g/mol. The predicted molar refractivity (Wildman–Crippen MR) is 130 cm³/mol. The molecule has 2 aromatic rings. The van der Waals surface area contributed by atoms with E-state index < -0.39 is 44.6 Å². The van der Waals surface area contributed by atoms with E-state index >= 15 is 0 Å². The number of aliphatic hydroxyl groups excluding tert-OH is 1. The summed E-state index contributed by atoms with van der Waals surface area (Å²) in [5.41, 5.74) is -1.69. The van der Waals surface area contributed by atoms with Gasteiger partial charge in [-0.25, -0.2) is 26.5 Å². The van der Waals surface area contributed by atoms with E-state index in [4.69, 9.17) is 0 Å². The van der Waals surface area contributed by atoms with Crippen LogP contribution in [0.3, 0.4) is 0 Å². The minimum atomic E-state index is -3.34. The van der Waals surface area contributed by atoms with E-state index in [9.17, 15) is 27.1 Å². The summed E-state index contributed by atoms with van der Waals surface area (Å²) in [6.07, 6.45) is 3.98. The predicted octanol–water partition coefficient (Wildman–Crippen LogP) is -0.397. The number of aliphatic hydroxyl groups is 1. The van der Waals surface area contributed by atoms with Gasteiger partial charge in [-0.2, -0.15) is 4.98 Å². The fraction of sp³-hybridized carbons (Fsp3) is 0.650. The topological polar surface area (TPSA) is 117 Å². The number of hydrogen-bond acceptors (Lipinski definition) is 7. The minimum Gasteiger partial charge on any atom is -0.393 e. The molecule has 3 heterocycles. The Kier molecular flexibility index (Phi) is 6.31. The number of aromatic nitrogens is 3. The molecule has 0 unspecified atom stereocenters. The Morgan fingerprint density at radius 3 is 2.47 bits per heavy atom. The second-order valence-corrected chi connectivity index (χ2v) is 12.0. The van der Waals surface area contributed by atoms with Crippen molar-refractivity contribution in [3.63, 3.8) is 0 Å². The summed E-state index contributed by atoms with van der Waals surface area (Å²) >= 11 is 0. The molecule has 34 heavy (non-hydrogen) atoms. The van der Waals surface area contributed by atoms with Gasteiger partial charge in [-0.1, -0.05) is 6.92 Å². The number of nitrogens with zero attached hydrogens (tertiary/aromatic N) is 4. The van der Waals surface area contributed by atoms with Gasteiger partial charge in [0.15, 0.2) is 7.85 Å². The molecule has 2 aliphatic rings. The molecule has 1 aliphatic carbocycles. The van der Waals surface area contributed by atoms with E-state index in [-0.39, 0.29) is 17.5 Å². The highest BCUT2D eigenvalue weighted by molar-refractivity contribution is 7.88. The van der Waals surface area contributed by atoms with Crippen molar-refractivity contribution in [1.29, 1.82) is 0 Å². The lowest BCUT2D eigenvalue weighted by Gasteiger charge is -2.39. The normalized spacial score (nSPS) is 26.1. The van der Waals surface area contributed by atoms with Crippen LogP contribution in [-0.4, -0.2) is 78.9 Å². The molecule has 184 valence electrons. The minimum absolute atomic E-state index is 0.234. The molecule has 0 bridgehead atoms. The standard InChI is InChI=1S/C20H29B2F2N5O4S/c1-11-14(3-4-15(11)30)29-16-12(9-13(17(29)31)20(22,23)24)10-25-18(26-16)27-19(21)5-7-28(8-6-19)34(2,32)33/h9-11,14-15,30H,3-8,21-22H2,1-2H3,(H,25,26,27)/t11-,14+,15+/m1/s1. The summed E-state index contributed by atoms with van der Waals surface area (Å²) in [5, 5.41) is 13.8. The van der Waals surface area contributed by atoms with Crippen molar-refractivity contribution in [3.8, 4) is 0 Å². The summed E-state index contributed by atoms with van der Waals surface area (Å²) in [4.78, 5) is 22.1. The molecule has 2 aromatic heterocycles. The van der Waals surface area contributed by atoms with Crippen LogP contribution in [0.1, 0.15) is 44.2 Å². The maximum absolute atomic E-state index is 14.3. The first-order valence-electron chi connectivity index (χ1n) is 11.4. The zero-order valence-electron chi connectivity index (χ0n) is 19.8. The zero-order chi connectivity index (χ0) is 25.1. The lowest BCUT2D eigenvalue weighted by Crippen LogP contribution is -2.51. The average Bonchev–Trinajstić information content (AvgIpc) is 3.04. The van der Waals surface area contributed by atoms with Gasteiger partial charge in [0.25, 0.3) is 5.56 Å². The molecule has 9 nitrogen and oxygen atoms in total. The maximum atomic E-state index is 14.3. The number of anilines is 1. The molecule has 14 heteroatoms. The van der Waals surface area contributed by atoms with Crippen molar-refractivity contribution in [1.82, 2.24) is 18.8 Å². The van der Waals surface area contributed by atoms with Crippen LogP contribution in [0.5, 0.6) is 0 Å². The lowest BCUT2D eigenvalue weighted by molar-refractivity contribution is 0.0913. The van der Waals surface area contributed by atoms with Gasteiger partial charge in [0.2, 0.25) is 21.8 Å². The number of fused-ring (bicyclic) bond motifs is 1. The van der Waals surface area contributed by atoms with Gasteiger partial charge < -0.3 is 10.4 Å². The molecule has 3 atom stereocenters. The summed E-state index contributed by atoms with van der Waals surface area (Å²) in [6.45, 7) is 2.51. The second-order valence-electron chi connectivity index (χ2n) is 10.0. The Bertz CT molecular complexity index is 1260. The van der Waals surface area contributed by atoms with Gasteiger partial charge in [0, 0.05) is 42.1 Å². The van der Waals surface area contributed by atoms with E-state index in [1.54, 1.807) is 6.92 Å². The Hall–Kier alpha value is -2.05. The van der Waals surface area contributed by atoms with Crippen LogP contribution < -0.4 is 10.9 Å². The van der Waals surface area contributed by atoms with Gasteiger partial charge in [-0.05, 0) is 31.7 Å². The molecule has 1 saturated heterocycles. The molecule has 0 spiro atoms. The average molecular weight is 495 g/mol. The van der Waals surface area contributed by atoms with Crippen LogP contribution in [0.2, 0.25) is 0 Å². The number of piperidine rings is 1. The Balaban J connectivity index is 1.75. The van der Waals surface area contributed by atoms with Crippen LogP contribution in [0.4, 0.5) is 14.7 Å². The van der Waals surface area contributed by atoms with Gasteiger partial charge in [0.05, 0.1) is 17.9 Å². The monoisotopic (exact) mass is 495 g/mol. The molecular formula is C20H29B2F2N5O4S. The van der Waals surface area contributed by atoms with Crippen molar-refractivity contribution in [2.45, 2.75) is 56.0 Å². The van der Waals surface area contributed by atoms with Crippen LogP contribution in [0.25, 0.3) is 11.0 Å². The van der Waals surface area contributed by atoms with Crippen molar-refractivity contribution in [3.05, 3.63) is 28.2 Å². The molecule has 2 N–H and O–H groups in total. The van der Waals surface area contributed by atoms with Crippen LogP contribution >= 0.6 is 0 Å². The third kappa shape index (κ3) is 4.72. The molecule has 2 fully saturated rings. The van der Waals surface area contributed by atoms with E-state index in [2.05, 4.69) is 15.3 Å². The first-order chi connectivity index (χ1) is 15.7. The fourth-order valence-electron chi connectivity index (χ4n) is 5.00. The summed E-state index contributed by atoms with van der Waals surface area (Å²) in [7, 11) is -0.633. The fourth-order valence-corrected chi connectivity index (χ4v) is 5.84. The summed E-state index contributed by atoms with van der Waals surface area (Å²) in [5.74, 6) is -3.41. The highest BCUT2D eigenvalue weighted by Gasteiger charge is 2.38. The molecule has 0 amide bonds. The number of halogens is 2. The van der Waals surface area contributed by atoms with Crippen molar-refractivity contribution < 1.29 is 22.3 Å². The third-order valence-corrected chi connectivity index (χ3v) is 8.56. The summed E-state index contributed by atoms with van der Waals surface area (Å²) < 4.78 is 54.9. The number of sulfonamides is 1. The SMILES string of the molecule is BC1(Nc2ncc3cc(C(B)(F)F)c(=O)n([C@H]4CC[C@H](O)[C@@H]4C)c3n2)CCN(S(C)(=O)=O)CC1. The highest BCUT2D eigenvalue weighted by atomic mass is 32.2. The number of pyridine rings is 1. The number of hydrogen-bond donors (Lipinski definition) is 2. The van der Waals surface area contributed by atoms with Crippen LogP contribution in [0.15, 0.2) is 17.1 Å². The van der Waals surface area contributed by atoms with Gasteiger partial charge >= 0.3 is 0 Å². The van der Waals surface area contributed by atoms with E-state index in [1.165, 1.54) is 21.3 Å². The first kappa shape index (κ1) is 25.1. The lowest BCUT2D eigenvalue weighted by atomic mass is 9.71. The Labute approximate surface area is 198 Å². The number of nitrogens with one attached hydrogen (secondary N) is 1. The van der Waals surface area contributed by atoms with Crippen LogP contribution in [0, 0.1) is 5.92 Å². The van der Waals surface area contributed by atoms with Crippen molar-refractivity contribution in [2.75, 3.05) is 24.7 Å². The molecule has 1 aliphatic heterocycles. The zero-order valence-corrected chi connectivity index (χ0v) is 20.6. The Morgan fingerprint density at radius 2 is 1.94 bits per heavy atom. The maximum Gasteiger partial charge on any atom is 0.260 e. The van der Waals surface area contributed by atoms with Crippen LogP contribution in [-0.2, 0) is 15.8 Å². The third-order valence-electron chi connectivity index (χ3n) is 7.26. The number of alkyl halides is 2. The van der Waals surface area contributed by atoms with Crippen molar-refractivity contribution in [2.24, 2.45) is 5.92 Å². The largest absolute Gasteiger partial charge is 0.393 e. The van der Waals surface area contributed by atoms with Gasteiger partial charge in [-0.15, -0.1) is 0 Å². The molecule has 4 rings (SSSR count). The molecule has 1 saturated carbocycles. The van der Waals surface area contributed by atoms with Crippen molar-refractivity contribution >= 4 is 42.7 Å². The quantitative estimate of drug-likeness (QED) is 0.543. The van der Waals surface area contributed by atoms with E-state index in [1.807, 2.05) is 7.85 Å². The second kappa shape index (κ2) is 8.56. The van der Waals surface area contributed by atoms with E-state index in [0.717, 1.165) is 6.07 Å².